The summed E-state index contributed by atoms with van der Waals surface area (Å²) in [5, 5.41) is 0. The molecule has 1 amide bonds. The van der Waals surface area contributed by atoms with Gasteiger partial charge in [-0.3, -0.25) is 9.69 Å². The molecule has 3 nitrogen and oxygen atoms in total. The van der Waals surface area contributed by atoms with Crippen molar-refractivity contribution in [2.24, 2.45) is 5.73 Å². The van der Waals surface area contributed by atoms with Gasteiger partial charge in [0, 0.05) is 18.5 Å². The first-order valence-corrected chi connectivity index (χ1v) is 8.43. The zero-order valence-corrected chi connectivity index (χ0v) is 13.2. The Labute approximate surface area is 137 Å². The van der Waals surface area contributed by atoms with Crippen LogP contribution in [-0.4, -0.2) is 23.4 Å². The summed E-state index contributed by atoms with van der Waals surface area (Å²) < 4.78 is 0. The minimum Gasteiger partial charge on any atom is -0.368 e. The highest BCUT2D eigenvalue weighted by Gasteiger charge is 2.43. The van der Waals surface area contributed by atoms with Gasteiger partial charge in [-0.1, -0.05) is 54.6 Å². The van der Waals surface area contributed by atoms with Crippen molar-refractivity contribution >= 4 is 5.91 Å². The summed E-state index contributed by atoms with van der Waals surface area (Å²) >= 11 is 0. The number of amides is 1. The van der Waals surface area contributed by atoms with Crippen molar-refractivity contribution in [3.05, 3.63) is 71.3 Å². The van der Waals surface area contributed by atoms with Crippen molar-refractivity contribution in [3.63, 3.8) is 0 Å². The number of benzene rings is 2. The minimum atomic E-state index is -0.200. The highest BCUT2D eigenvalue weighted by molar-refractivity contribution is 5.81. The van der Waals surface area contributed by atoms with Crippen molar-refractivity contribution in [3.8, 4) is 0 Å². The zero-order valence-electron chi connectivity index (χ0n) is 13.2. The lowest BCUT2D eigenvalue weighted by Crippen LogP contribution is -2.44. The second-order valence-electron chi connectivity index (χ2n) is 6.64. The highest BCUT2D eigenvalue weighted by Crippen LogP contribution is 2.43. The predicted molar refractivity (Wildman–Crippen MR) is 91.0 cm³/mol. The number of carbonyl (C=O) groups is 1. The molecule has 1 heterocycles. The Morgan fingerprint density at radius 1 is 1.00 bits per heavy atom. The van der Waals surface area contributed by atoms with Gasteiger partial charge >= 0.3 is 0 Å². The largest absolute Gasteiger partial charge is 0.368 e. The molecule has 3 heteroatoms. The van der Waals surface area contributed by atoms with E-state index in [0.29, 0.717) is 6.04 Å². The van der Waals surface area contributed by atoms with Crippen LogP contribution in [0.25, 0.3) is 0 Å². The van der Waals surface area contributed by atoms with Gasteiger partial charge in [0.2, 0.25) is 5.91 Å². The van der Waals surface area contributed by atoms with Crippen LogP contribution in [0.1, 0.15) is 41.5 Å². The van der Waals surface area contributed by atoms with Gasteiger partial charge in [-0.15, -0.1) is 0 Å². The summed E-state index contributed by atoms with van der Waals surface area (Å²) in [5.41, 5.74) is 9.85. The van der Waals surface area contributed by atoms with E-state index in [0.717, 1.165) is 25.8 Å². The van der Waals surface area contributed by atoms with Crippen LogP contribution >= 0.6 is 0 Å². The Bertz CT molecular complexity index is 713. The lowest BCUT2D eigenvalue weighted by atomic mass is 9.91. The third kappa shape index (κ3) is 2.45. The minimum absolute atomic E-state index is 0.194. The Kier molecular flexibility index (Phi) is 3.66. The summed E-state index contributed by atoms with van der Waals surface area (Å²) in [5.74, 6) is 0.0159. The third-order valence-corrected chi connectivity index (χ3v) is 5.46. The molecule has 0 aromatic heterocycles. The normalized spacial score (nSPS) is 27.0. The Morgan fingerprint density at radius 3 is 2.52 bits per heavy atom. The average Bonchev–Trinajstić information content (AvgIpc) is 3.19. The van der Waals surface area contributed by atoms with E-state index >= 15 is 0 Å². The fourth-order valence-electron chi connectivity index (χ4n) is 4.46. The molecule has 118 valence electrons. The molecule has 1 fully saturated rings. The van der Waals surface area contributed by atoms with E-state index in [1.54, 1.807) is 0 Å². The maximum atomic E-state index is 12.2. The molecular formula is C20H22N2O. The van der Waals surface area contributed by atoms with Crippen LogP contribution in [0.15, 0.2) is 54.6 Å². The van der Waals surface area contributed by atoms with Crippen LogP contribution in [-0.2, 0) is 11.2 Å². The van der Waals surface area contributed by atoms with Crippen LogP contribution in [0.5, 0.6) is 0 Å². The molecule has 2 unspecified atom stereocenters. The molecule has 4 rings (SSSR count). The topological polar surface area (TPSA) is 46.3 Å². The Hall–Kier alpha value is -2.13. The zero-order chi connectivity index (χ0) is 15.8. The maximum absolute atomic E-state index is 12.2. The molecule has 2 aromatic rings. The number of hydrogen-bond acceptors (Lipinski definition) is 2. The van der Waals surface area contributed by atoms with E-state index in [1.807, 2.05) is 18.2 Å². The summed E-state index contributed by atoms with van der Waals surface area (Å²) in [6.45, 7) is 0.937. The van der Waals surface area contributed by atoms with E-state index in [4.69, 9.17) is 5.73 Å². The van der Waals surface area contributed by atoms with Crippen LogP contribution in [0.2, 0.25) is 0 Å². The quantitative estimate of drug-likeness (QED) is 0.947. The number of hydrogen-bond donors (Lipinski definition) is 1. The van der Waals surface area contributed by atoms with Gasteiger partial charge in [-0.25, -0.2) is 0 Å². The second kappa shape index (κ2) is 5.82. The number of primary amides is 1. The van der Waals surface area contributed by atoms with Crippen LogP contribution in [0.3, 0.4) is 0 Å². The molecule has 0 saturated carbocycles. The van der Waals surface area contributed by atoms with Gasteiger partial charge in [-0.05, 0) is 36.0 Å². The fourth-order valence-corrected chi connectivity index (χ4v) is 4.46. The maximum Gasteiger partial charge on any atom is 0.235 e. The van der Waals surface area contributed by atoms with Crippen molar-refractivity contribution in [2.75, 3.05) is 6.54 Å². The highest BCUT2D eigenvalue weighted by atomic mass is 16.1. The summed E-state index contributed by atoms with van der Waals surface area (Å²) in [6.07, 6.45) is 3.18. The smallest absolute Gasteiger partial charge is 0.235 e. The lowest BCUT2D eigenvalue weighted by molar-refractivity contribution is -0.123. The molecular weight excluding hydrogens is 284 g/mol. The standard InChI is InChI=1S/C20H22N2O/c21-20(23)19-17(14-6-2-1-3-7-14)12-13-22(19)18-11-10-15-8-4-5-9-16(15)18/h1-9,17-19H,10-13H2,(H2,21,23)/t17?,18-,19?/m1/s1. The SMILES string of the molecule is NC(=O)C1C(c2ccccc2)CCN1[C@@H]1CCc2ccccc21. The number of likely N-dealkylation sites (tertiary alicyclic amines) is 1. The van der Waals surface area contributed by atoms with E-state index in [9.17, 15) is 4.79 Å². The number of aryl methyl sites for hydroxylation is 1. The molecule has 2 aliphatic rings. The van der Waals surface area contributed by atoms with Gasteiger partial charge in [0.1, 0.15) is 0 Å². The molecule has 23 heavy (non-hydrogen) atoms. The molecule has 1 saturated heterocycles. The molecule has 0 radical (unpaired) electrons. The van der Waals surface area contributed by atoms with Crippen molar-refractivity contribution in [2.45, 2.75) is 37.3 Å². The number of rotatable bonds is 3. The molecule has 2 aromatic carbocycles. The molecule has 0 spiro atoms. The van der Waals surface area contributed by atoms with E-state index in [-0.39, 0.29) is 17.9 Å². The first-order chi connectivity index (χ1) is 11.3. The van der Waals surface area contributed by atoms with Gasteiger partial charge < -0.3 is 5.73 Å². The number of fused-ring (bicyclic) bond motifs is 1. The predicted octanol–water partition coefficient (Wildman–Crippen LogP) is 3.02. The van der Waals surface area contributed by atoms with Crippen molar-refractivity contribution in [1.82, 2.24) is 4.90 Å². The van der Waals surface area contributed by atoms with E-state index in [1.165, 1.54) is 16.7 Å². The van der Waals surface area contributed by atoms with Gasteiger partial charge in [0.15, 0.2) is 0 Å². The summed E-state index contributed by atoms with van der Waals surface area (Å²) in [7, 11) is 0. The van der Waals surface area contributed by atoms with Crippen molar-refractivity contribution in [1.29, 1.82) is 0 Å². The number of nitrogens with two attached hydrogens (primary N) is 1. The number of carbonyl (C=O) groups excluding carboxylic acids is 1. The second-order valence-corrected chi connectivity index (χ2v) is 6.64. The van der Waals surface area contributed by atoms with Crippen molar-refractivity contribution < 1.29 is 4.79 Å². The van der Waals surface area contributed by atoms with E-state index < -0.39 is 0 Å². The van der Waals surface area contributed by atoms with Gasteiger partial charge in [0.25, 0.3) is 0 Å². The Morgan fingerprint density at radius 2 is 1.74 bits per heavy atom. The lowest BCUT2D eigenvalue weighted by Gasteiger charge is -2.31. The molecule has 1 aliphatic heterocycles. The van der Waals surface area contributed by atoms with Crippen LogP contribution < -0.4 is 5.73 Å². The summed E-state index contributed by atoms with van der Waals surface area (Å²) in [4.78, 5) is 14.6. The average molecular weight is 306 g/mol. The van der Waals surface area contributed by atoms with Gasteiger partial charge in [-0.2, -0.15) is 0 Å². The molecule has 3 atom stereocenters. The monoisotopic (exact) mass is 306 g/mol. The third-order valence-electron chi connectivity index (χ3n) is 5.46. The van der Waals surface area contributed by atoms with E-state index in [2.05, 4.69) is 41.3 Å². The number of nitrogens with zero attached hydrogens (tertiary/aromatic N) is 1. The van der Waals surface area contributed by atoms with Crippen LogP contribution in [0.4, 0.5) is 0 Å². The summed E-state index contributed by atoms with van der Waals surface area (Å²) in [6, 6.07) is 19.1. The molecule has 0 bridgehead atoms. The van der Waals surface area contributed by atoms with Crippen LogP contribution in [0, 0.1) is 0 Å². The fraction of sp³-hybridized carbons (Fsp3) is 0.350. The first kappa shape index (κ1) is 14.5. The first-order valence-electron chi connectivity index (χ1n) is 8.43. The Balaban J connectivity index is 1.66. The molecule has 1 aliphatic carbocycles. The van der Waals surface area contributed by atoms with Gasteiger partial charge in [0.05, 0.1) is 6.04 Å². The molecule has 2 N–H and O–H groups in total.